The van der Waals surface area contributed by atoms with E-state index in [2.05, 4.69) is 29.7 Å². The summed E-state index contributed by atoms with van der Waals surface area (Å²) in [6.07, 6.45) is 1.03. The van der Waals surface area contributed by atoms with Crippen molar-refractivity contribution < 1.29 is 0 Å². The highest BCUT2D eigenvalue weighted by atomic mass is 35.5. The van der Waals surface area contributed by atoms with Crippen molar-refractivity contribution in [2.24, 2.45) is 0 Å². The number of anilines is 2. The molecule has 0 saturated carbocycles. The maximum absolute atomic E-state index is 5.94. The number of benzene rings is 2. The van der Waals surface area contributed by atoms with E-state index >= 15 is 0 Å². The number of nitrogens with one attached hydrogen (secondary N) is 2. The summed E-state index contributed by atoms with van der Waals surface area (Å²) in [4.78, 5) is 0. The summed E-state index contributed by atoms with van der Waals surface area (Å²) in [7, 11) is 0. The standard InChI is InChI=1S/C16H17ClN2S/c1-3-12-4-7-14(8-5-12)18-16(20)19-15-9-6-13(17)10-11(15)2/h4-10H,3H2,1-2H3,(H2,18,19,20). The van der Waals surface area contributed by atoms with E-state index in [-0.39, 0.29) is 0 Å². The van der Waals surface area contributed by atoms with Gasteiger partial charge in [0, 0.05) is 16.4 Å². The Morgan fingerprint density at radius 3 is 2.40 bits per heavy atom. The Bertz CT molecular complexity index is 608. The van der Waals surface area contributed by atoms with Crippen molar-refractivity contribution in [2.45, 2.75) is 20.3 Å². The van der Waals surface area contributed by atoms with Crippen molar-refractivity contribution >= 4 is 40.3 Å². The molecule has 20 heavy (non-hydrogen) atoms. The minimum absolute atomic E-state index is 0.569. The number of halogens is 1. The summed E-state index contributed by atoms with van der Waals surface area (Å²) in [5.74, 6) is 0. The van der Waals surface area contributed by atoms with Gasteiger partial charge in [0.1, 0.15) is 0 Å². The van der Waals surface area contributed by atoms with Crippen LogP contribution in [0.1, 0.15) is 18.1 Å². The van der Waals surface area contributed by atoms with Gasteiger partial charge in [-0.3, -0.25) is 0 Å². The molecule has 0 unspecified atom stereocenters. The highest BCUT2D eigenvalue weighted by molar-refractivity contribution is 7.80. The summed E-state index contributed by atoms with van der Waals surface area (Å²) in [5.41, 5.74) is 4.30. The number of thiocarbonyl (C=S) groups is 1. The zero-order valence-corrected chi connectivity index (χ0v) is 13.1. The molecule has 0 spiro atoms. The van der Waals surface area contributed by atoms with Gasteiger partial charge in [-0.25, -0.2) is 0 Å². The summed E-state index contributed by atoms with van der Waals surface area (Å²) in [6, 6.07) is 13.9. The van der Waals surface area contributed by atoms with Crippen LogP contribution >= 0.6 is 23.8 Å². The zero-order chi connectivity index (χ0) is 14.5. The maximum atomic E-state index is 5.94. The van der Waals surface area contributed by atoms with Gasteiger partial charge in [0.05, 0.1) is 0 Å². The zero-order valence-electron chi connectivity index (χ0n) is 11.5. The third-order valence-corrected chi connectivity index (χ3v) is 3.50. The minimum atomic E-state index is 0.569. The van der Waals surface area contributed by atoms with Crippen LogP contribution in [-0.4, -0.2) is 5.11 Å². The third-order valence-electron chi connectivity index (χ3n) is 3.06. The van der Waals surface area contributed by atoms with Crippen LogP contribution in [0.5, 0.6) is 0 Å². The highest BCUT2D eigenvalue weighted by Crippen LogP contribution is 2.20. The van der Waals surface area contributed by atoms with Crippen molar-refractivity contribution in [3.63, 3.8) is 0 Å². The summed E-state index contributed by atoms with van der Waals surface area (Å²) < 4.78 is 0. The summed E-state index contributed by atoms with van der Waals surface area (Å²) in [5, 5.41) is 7.64. The second kappa shape index (κ2) is 6.73. The van der Waals surface area contributed by atoms with Gasteiger partial charge in [-0.1, -0.05) is 30.7 Å². The Morgan fingerprint density at radius 2 is 1.80 bits per heavy atom. The molecule has 2 nitrogen and oxygen atoms in total. The van der Waals surface area contributed by atoms with Crippen molar-refractivity contribution in [3.8, 4) is 0 Å². The molecule has 0 fully saturated rings. The number of hydrogen-bond acceptors (Lipinski definition) is 1. The van der Waals surface area contributed by atoms with Crippen LogP contribution in [0.15, 0.2) is 42.5 Å². The van der Waals surface area contributed by atoms with Crippen LogP contribution in [0.25, 0.3) is 0 Å². The van der Waals surface area contributed by atoms with E-state index in [0.717, 1.165) is 28.4 Å². The second-order valence-corrected chi connectivity index (χ2v) is 5.43. The average molecular weight is 305 g/mol. The topological polar surface area (TPSA) is 24.1 Å². The maximum Gasteiger partial charge on any atom is 0.175 e. The molecule has 4 heteroatoms. The van der Waals surface area contributed by atoms with E-state index in [4.69, 9.17) is 23.8 Å². The molecule has 0 aromatic heterocycles. The van der Waals surface area contributed by atoms with Crippen LogP contribution in [0.4, 0.5) is 11.4 Å². The van der Waals surface area contributed by atoms with Crippen LogP contribution < -0.4 is 10.6 Å². The number of aryl methyl sites for hydroxylation is 2. The lowest BCUT2D eigenvalue weighted by Crippen LogP contribution is -2.19. The normalized spacial score (nSPS) is 10.2. The Balaban J connectivity index is 2.01. The monoisotopic (exact) mass is 304 g/mol. The van der Waals surface area contributed by atoms with Gasteiger partial charge in [-0.15, -0.1) is 0 Å². The molecule has 2 aromatic carbocycles. The first-order valence-corrected chi connectivity index (χ1v) is 7.30. The van der Waals surface area contributed by atoms with E-state index in [1.807, 2.05) is 37.3 Å². The molecule has 0 amide bonds. The largest absolute Gasteiger partial charge is 0.332 e. The van der Waals surface area contributed by atoms with Crippen LogP contribution in [0, 0.1) is 6.92 Å². The molecule has 104 valence electrons. The lowest BCUT2D eigenvalue weighted by Gasteiger charge is -2.13. The average Bonchev–Trinajstić information content (AvgIpc) is 2.43. The molecule has 0 saturated heterocycles. The Kier molecular flexibility index (Phi) is 4.99. The number of rotatable bonds is 3. The van der Waals surface area contributed by atoms with E-state index in [1.165, 1.54) is 5.56 Å². The second-order valence-electron chi connectivity index (χ2n) is 4.59. The van der Waals surface area contributed by atoms with E-state index in [1.54, 1.807) is 0 Å². The first kappa shape index (κ1) is 14.8. The minimum Gasteiger partial charge on any atom is -0.332 e. The van der Waals surface area contributed by atoms with Gasteiger partial charge in [0.2, 0.25) is 0 Å². The number of hydrogen-bond donors (Lipinski definition) is 2. The molecule has 0 aliphatic heterocycles. The van der Waals surface area contributed by atoms with Crippen LogP contribution in [0.3, 0.4) is 0 Å². The first-order chi connectivity index (χ1) is 9.58. The smallest absolute Gasteiger partial charge is 0.175 e. The van der Waals surface area contributed by atoms with Crippen molar-refractivity contribution in [1.82, 2.24) is 0 Å². The fourth-order valence-electron chi connectivity index (χ4n) is 1.88. The van der Waals surface area contributed by atoms with E-state index in [0.29, 0.717) is 5.11 Å². The molecular weight excluding hydrogens is 288 g/mol. The molecule has 0 bridgehead atoms. The van der Waals surface area contributed by atoms with Gasteiger partial charge in [-0.2, -0.15) is 0 Å². The first-order valence-electron chi connectivity index (χ1n) is 6.51. The molecule has 0 heterocycles. The fourth-order valence-corrected chi connectivity index (χ4v) is 2.33. The summed E-state index contributed by atoms with van der Waals surface area (Å²) >= 11 is 11.3. The van der Waals surface area contributed by atoms with Crippen LogP contribution in [-0.2, 0) is 6.42 Å². The molecule has 0 radical (unpaired) electrons. The molecule has 0 atom stereocenters. The highest BCUT2D eigenvalue weighted by Gasteiger charge is 2.02. The Morgan fingerprint density at radius 1 is 1.10 bits per heavy atom. The van der Waals surface area contributed by atoms with E-state index < -0.39 is 0 Å². The van der Waals surface area contributed by atoms with Gasteiger partial charge < -0.3 is 10.6 Å². The SMILES string of the molecule is CCc1ccc(NC(=S)Nc2ccc(Cl)cc2C)cc1. The van der Waals surface area contributed by atoms with Gasteiger partial charge in [0.15, 0.2) is 5.11 Å². The predicted molar refractivity (Wildman–Crippen MR) is 91.9 cm³/mol. The molecular formula is C16H17ClN2S. The fraction of sp³-hybridized carbons (Fsp3) is 0.188. The van der Waals surface area contributed by atoms with Crippen molar-refractivity contribution in [1.29, 1.82) is 0 Å². The molecule has 0 aliphatic carbocycles. The van der Waals surface area contributed by atoms with Gasteiger partial charge in [-0.05, 0) is 67.0 Å². The van der Waals surface area contributed by atoms with Gasteiger partial charge in [0.25, 0.3) is 0 Å². The third kappa shape index (κ3) is 3.95. The lowest BCUT2D eigenvalue weighted by molar-refractivity contribution is 1.14. The predicted octanol–water partition coefficient (Wildman–Crippen LogP) is 5.02. The van der Waals surface area contributed by atoms with Crippen molar-refractivity contribution in [2.75, 3.05) is 10.6 Å². The van der Waals surface area contributed by atoms with Gasteiger partial charge >= 0.3 is 0 Å². The summed E-state index contributed by atoms with van der Waals surface area (Å²) in [6.45, 7) is 4.13. The lowest BCUT2D eigenvalue weighted by atomic mass is 10.1. The molecule has 2 aromatic rings. The Labute approximate surface area is 130 Å². The Hall–Kier alpha value is -1.58. The van der Waals surface area contributed by atoms with Crippen molar-refractivity contribution in [3.05, 3.63) is 58.6 Å². The quantitative estimate of drug-likeness (QED) is 0.779. The molecule has 2 rings (SSSR count). The molecule has 0 aliphatic rings. The van der Waals surface area contributed by atoms with E-state index in [9.17, 15) is 0 Å². The molecule has 2 N–H and O–H groups in total. The van der Waals surface area contributed by atoms with Crippen LogP contribution in [0.2, 0.25) is 5.02 Å².